The highest BCUT2D eigenvalue weighted by Gasteiger charge is 2.20. The molecule has 0 aliphatic carbocycles. The van der Waals surface area contributed by atoms with Crippen LogP contribution in [0.1, 0.15) is 32.6 Å². The summed E-state index contributed by atoms with van der Waals surface area (Å²) in [5, 5.41) is 0. The minimum absolute atomic E-state index is 0.526. The van der Waals surface area contributed by atoms with Crippen LogP contribution in [-0.4, -0.2) is 23.1 Å². The molecule has 1 aromatic heterocycles. The number of hydrogen-bond donors (Lipinski definition) is 1. The van der Waals surface area contributed by atoms with Crippen molar-refractivity contribution in [2.24, 2.45) is 5.92 Å². The second-order valence-corrected chi connectivity index (χ2v) is 5.45. The molecular weight excluding hydrogens is 280 g/mol. The molecule has 0 unspecified atom stereocenters. The Bertz CT molecular complexity index is 355. The smallest absolute Gasteiger partial charge is 0.228 e. The van der Waals surface area contributed by atoms with E-state index in [0.717, 1.165) is 29.6 Å². The highest BCUT2D eigenvalue weighted by molar-refractivity contribution is 9.10. The SMILES string of the molecule is CCCC1CCN(c2nc(N)cc(Br)n2)CC1. The van der Waals surface area contributed by atoms with Crippen molar-refractivity contribution in [3.63, 3.8) is 0 Å². The highest BCUT2D eigenvalue weighted by atomic mass is 79.9. The molecule has 2 heterocycles. The second kappa shape index (κ2) is 5.67. The van der Waals surface area contributed by atoms with Gasteiger partial charge in [0.15, 0.2) is 0 Å². The van der Waals surface area contributed by atoms with Gasteiger partial charge in [0.2, 0.25) is 5.95 Å². The number of piperidine rings is 1. The van der Waals surface area contributed by atoms with Crippen molar-refractivity contribution in [3.8, 4) is 0 Å². The molecule has 4 nitrogen and oxygen atoms in total. The Morgan fingerprint density at radius 1 is 1.41 bits per heavy atom. The Hall–Kier alpha value is -0.840. The molecule has 0 saturated carbocycles. The summed E-state index contributed by atoms with van der Waals surface area (Å²) in [4.78, 5) is 10.9. The van der Waals surface area contributed by atoms with Gasteiger partial charge >= 0.3 is 0 Å². The van der Waals surface area contributed by atoms with E-state index in [1.165, 1.54) is 25.7 Å². The molecule has 1 aliphatic rings. The van der Waals surface area contributed by atoms with E-state index in [0.29, 0.717) is 5.82 Å². The monoisotopic (exact) mass is 298 g/mol. The van der Waals surface area contributed by atoms with Crippen LogP contribution in [0.2, 0.25) is 0 Å². The largest absolute Gasteiger partial charge is 0.383 e. The standard InChI is InChI=1S/C12H19BrN4/c1-2-3-9-4-6-17(7-5-9)12-15-10(13)8-11(14)16-12/h8-9H,2-7H2,1H3,(H2,14,15,16). The van der Waals surface area contributed by atoms with Crippen LogP contribution in [0.3, 0.4) is 0 Å². The van der Waals surface area contributed by atoms with E-state index in [1.807, 2.05) is 0 Å². The number of halogens is 1. The topological polar surface area (TPSA) is 55.0 Å². The van der Waals surface area contributed by atoms with Crippen LogP contribution < -0.4 is 10.6 Å². The molecule has 1 aromatic rings. The van der Waals surface area contributed by atoms with Gasteiger partial charge in [-0.05, 0) is 34.7 Å². The summed E-state index contributed by atoms with van der Waals surface area (Å²) < 4.78 is 0.760. The van der Waals surface area contributed by atoms with Crippen LogP contribution in [0.5, 0.6) is 0 Å². The van der Waals surface area contributed by atoms with Crippen molar-refractivity contribution < 1.29 is 0 Å². The van der Waals surface area contributed by atoms with E-state index in [2.05, 4.69) is 37.7 Å². The summed E-state index contributed by atoms with van der Waals surface area (Å²) in [6, 6.07) is 1.73. The average Bonchev–Trinajstić information content (AvgIpc) is 2.29. The van der Waals surface area contributed by atoms with Crippen LogP contribution in [0.15, 0.2) is 10.7 Å². The van der Waals surface area contributed by atoms with Crippen molar-refractivity contribution in [2.45, 2.75) is 32.6 Å². The Morgan fingerprint density at radius 3 is 2.71 bits per heavy atom. The van der Waals surface area contributed by atoms with Gasteiger partial charge in [-0.3, -0.25) is 0 Å². The van der Waals surface area contributed by atoms with Crippen LogP contribution >= 0.6 is 15.9 Å². The quantitative estimate of drug-likeness (QED) is 0.872. The molecular formula is C12H19BrN4. The average molecular weight is 299 g/mol. The molecule has 5 heteroatoms. The number of aromatic nitrogens is 2. The van der Waals surface area contributed by atoms with Gasteiger partial charge in [-0.1, -0.05) is 19.8 Å². The first-order chi connectivity index (χ1) is 8.19. The molecule has 17 heavy (non-hydrogen) atoms. The first kappa shape index (κ1) is 12.6. The maximum atomic E-state index is 5.73. The third kappa shape index (κ3) is 3.31. The molecule has 2 N–H and O–H groups in total. The van der Waals surface area contributed by atoms with Crippen molar-refractivity contribution in [1.29, 1.82) is 0 Å². The number of nitrogen functional groups attached to an aromatic ring is 1. The van der Waals surface area contributed by atoms with Crippen molar-refractivity contribution in [3.05, 3.63) is 10.7 Å². The molecule has 0 amide bonds. The minimum atomic E-state index is 0.526. The third-order valence-electron chi connectivity index (χ3n) is 3.30. The molecule has 0 spiro atoms. The normalized spacial score (nSPS) is 17.4. The predicted molar refractivity (Wildman–Crippen MR) is 74.0 cm³/mol. The molecule has 0 bridgehead atoms. The van der Waals surface area contributed by atoms with Gasteiger partial charge in [0.25, 0.3) is 0 Å². The zero-order chi connectivity index (χ0) is 12.3. The number of nitrogens with zero attached hydrogens (tertiary/aromatic N) is 3. The van der Waals surface area contributed by atoms with E-state index in [-0.39, 0.29) is 0 Å². The summed E-state index contributed by atoms with van der Waals surface area (Å²) in [7, 11) is 0. The first-order valence-electron chi connectivity index (χ1n) is 6.24. The third-order valence-corrected chi connectivity index (χ3v) is 3.70. The maximum absolute atomic E-state index is 5.73. The van der Waals surface area contributed by atoms with Crippen molar-refractivity contribution >= 4 is 27.7 Å². The summed E-state index contributed by atoms with van der Waals surface area (Å²) >= 11 is 3.36. The second-order valence-electron chi connectivity index (χ2n) is 4.63. The van der Waals surface area contributed by atoms with Crippen LogP contribution in [-0.2, 0) is 0 Å². The Morgan fingerprint density at radius 2 is 2.12 bits per heavy atom. The molecule has 0 radical (unpaired) electrons. The Kier molecular flexibility index (Phi) is 4.20. The van der Waals surface area contributed by atoms with Gasteiger partial charge in [-0.25, -0.2) is 4.98 Å². The number of nitrogens with two attached hydrogens (primary N) is 1. The number of anilines is 2. The molecule has 94 valence electrons. The minimum Gasteiger partial charge on any atom is -0.383 e. The lowest BCUT2D eigenvalue weighted by Gasteiger charge is -2.32. The fourth-order valence-electron chi connectivity index (χ4n) is 2.39. The van der Waals surface area contributed by atoms with Gasteiger partial charge in [-0.2, -0.15) is 4.98 Å². The lowest BCUT2D eigenvalue weighted by Crippen LogP contribution is -2.35. The van der Waals surface area contributed by atoms with Gasteiger partial charge in [0.1, 0.15) is 10.4 Å². The molecule has 1 aliphatic heterocycles. The van der Waals surface area contributed by atoms with E-state index >= 15 is 0 Å². The predicted octanol–water partition coefficient (Wildman–Crippen LogP) is 2.84. The van der Waals surface area contributed by atoms with Gasteiger partial charge in [0.05, 0.1) is 0 Å². The molecule has 2 rings (SSSR count). The first-order valence-corrected chi connectivity index (χ1v) is 7.03. The van der Waals surface area contributed by atoms with E-state index in [4.69, 9.17) is 5.73 Å². The summed E-state index contributed by atoms with van der Waals surface area (Å²) in [5.41, 5.74) is 5.73. The zero-order valence-corrected chi connectivity index (χ0v) is 11.8. The summed E-state index contributed by atoms with van der Waals surface area (Å²) in [5.74, 6) is 2.16. The van der Waals surface area contributed by atoms with Gasteiger partial charge < -0.3 is 10.6 Å². The van der Waals surface area contributed by atoms with Crippen LogP contribution in [0.4, 0.5) is 11.8 Å². The van der Waals surface area contributed by atoms with E-state index in [9.17, 15) is 0 Å². The number of hydrogen-bond acceptors (Lipinski definition) is 4. The highest BCUT2D eigenvalue weighted by Crippen LogP contribution is 2.25. The van der Waals surface area contributed by atoms with Gasteiger partial charge in [-0.15, -0.1) is 0 Å². The lowest BCUT2D eigenvalue weighted by atomic mass is 9.93. The van der Waals surface area contributed by atoms with Crippen LogP contribution in [0.25, 0.3) is 0 Å². The maximum Gasteiger partial charge on any atom is 0.228 e. The van der Waals surface area contributed by atoms with Crippen LogP contribution in [0, 0.1) is 5.92 Å². The van der Waals surface area contributed by atoms with E-state index in [1.54, 1.807) is 6.07 Å². The van der Waals surface area contributed by atoms with Crippen molar-refractivity contribution in [2.75, 3.05) is 23.7 Å². The molecule has 1 fully saturated rings. The zero-order valence-electron chi connectivity index (χ0n) is 10.2. The van der Waals surface area contributed by atoms with Crippen molar-refractivity contribution in [1.82, 2.24) is 9.97 Å². The number of rotatable bonds is 3. The Labute approximate surface area is 111 Å². The van der Waals surface area contributed by atoms with E-state index < -0.39 is 0 Å². The summed E-state index contributed by atoms with van der Waals surface area (Å²) in [6.07, 6.45) is 5.10. The molecule has 0 aromatic carbocycles. The fourth-order valence-corrected chi connectivity index (χ4v) is 2.79. The Balaban J connectivity index is 2.00. The molecule has 1 saturated heterocycles. The van der Waals surface area contributed by atoms with Gasteiger partial charge in [0, 0.05) is 19.2 Å². The lowest BCUT2D eigenvalue weighted by molar-refractivity contribution is 0.376. The molecule has 0 atom stereocenters. The fraction of sp³-hybridized carbons (Fsp3) is 0.667. The summed E-state index contributed by atoms with van der Waals surface area (Å²) in [6.45, 7) is 4.34.